The fourth-order valence-electron chi connectivity index (χ4n) is 1.75. The molecule has 0 N–H and O–H groups in total. The lowest BCUT2D eigenvalue weighted by Gasteiger charge is -2.09. The monoisotopic (exact) mass is 342 g/mol. The summed E-state index contributed by atoms with van der Waals surface area (Å²) in [6.07, 6.45) is 3.27. The molecule has 0 saturated heterocycles. The van der Waals surface area contributed by atoms with Gasteiger partial charge in [0.05, 0.1) is 24.3 Å². The van der Waals surface area contributed by atoms with Crippen molar-refractivity contribution in [2.45, 2.75) is 25.7 Å². The Morgan fingerprint density at radius 1 is 0.773 bits per heavy atom. The summed E-state index contributed by atoms with van der Waals surface area (Å²) in [7, 11) is 0. The predicted octanol–water partition coefficient (Wildman–Crippen LogP) is 3.42. The first kappa shape index (κ1) is 18.9. The van der Waals surface area contributed by atoms with Gasteiger partial charge in [-0.2, -0.15) is 25.3 Å². The van der Waals surface area contributed by atoms with Crippen molar-refractivity contribution in [2.24, 2.45) is 0 Å². The molecule has 0 amide bonds. The van der Waals surface area contributed by atoms with Crippen LogP contribution in [-0.4, -0.2) is 36.7 Å². The molecular weight excluding hydrogens is 320 g/mol. The lowest BCUT2D eigenvalue weighted by atomic mass is 10.1. The summed E-state index contributed by atoms with van der Waals surface area (Å²) in [6, 6.07) is 6.54. The van der Waals surface area contributed by atoms with E-state index in [0.717, 1.165) is 37.2 Å². The molecule has 1 rings (SSSR count). The Morgan fingerprint density at radius 3 is 1.55 bits per heavy atom. The number of thiol groups is 2. The molecule has 1 aromatic carbocycles. The third-order valence-corrected chi connectivity index (χ3v) is 3.57. The maximum Gasteiger partial charge on any atom is 0.339 e. The zero-order valence-corrected chi connectivity index (χ0v) is 14.3. The van der Waals surface area contributed by atoms with Gasteiger partial charge in [0, 0.05) is 0 Å². The van der Waals surface area contributed by atoms with E-state index in [1.165, 1.54) is 0 Å². The van der Waals surface area contributed by atoms with Crippen molar-refractivity contribution in [3.8, 4) is 0 Å². The van der Waals surface area contributed by atoms with Crippen molar-refractivity contribution in [3.05, 3.63) is 35.4 Å². The second kappa shape index (κ2) is 11.4. The molecule has 0 unspecified atom stereocenters. The molecule has 4 nitrogen and oxygen atoms in total. The van der Waals surface area contributed by atoms with Crippen LogP contribution in [0.1, 0.15) is 46.4 Å². The van der Waals surface area contributed by atoms with Gasteiger partial charge in [-0.05, 0) is 49.3 Å². The molecule has 0 aromatic heterocycles. The zero-order chi connectivity index (χ0) is 16.2. The maximum absolute atomic E-state index is 12.1. The Bertz CT molecular complexity index is 434. The maximum atomic E-state index is 12.1. The number of hydrogen-bond acceptors (Lipinski definition) is 6. The van der Waals surface area contributed by atoms with Crippen LogP contribution in [0.5, 0.6) is 0 Å². The van der Waals surface area contributed by atoms with Crippen LogP contribution in [0.15, 0.2) is 24.3 Å². The minimum absolute atomic E-state index is 0.243. The predicted molar refractivity (Wildman–Crippen MR) is 93.2 cm³/mol. The van der Waals surface area contributed by atoms with Crippen LogP contribution >= 0.6 is 25.3 Å². The van der Waals surface area contributed by atoms with Crippen LogP contribution in [0, 0.1) is 0 Å². The van der Waals surface area contributed by atoms with Gasteiger partial charge >= 0.3 is 11.9 Å². The topological polar surface area (TPSA) is 52.6 Å². The molecule has 6 heteroatoms. The Balaban J connectivity index is 2.60. The smallest absolute Gasteiger partial charge is 0.339 e. The van der Waals surface area contributed by atoms with Crippen molar-refractivity contribution in [1.29, 1.82) is 0 Å². The number of ether oxygens (including phenoxy) is 2. The highest BCUT2D eigenvalue weighted by molar-refractivity contribution is 7.80. The van der Waals surface area contributed by atoms with Crippen molar-refractivity contribution in [3.63, 3.8) is 0 Å². The van der Waals surface area contributed by atoms with Gasteiger partial charge in [-0.25, -0.2) is 9.59 Å². The van der Waals surface area contributed by atoms with Crippen molar-refractivity contribution in [1.82, 2.24) is 0 Å². The largest absolute Gasteiger partial charge is 0.462 e. The third-order valence-electron chi connectivity index (χ3n) is 2.94. The van der Waals surface area contributed by atoms with Gasteiger partial charge < -0.3 is 9.47 Å². The summed E-state index contributed by atoms with van der Waals surface area (Å²) in [5.41, 5.74) is 0.486. The normalized spacial score (nSPS) is 10.3. The van der Waals surface area contributed by atoms with E-state index in [1.54, 1.807) is 24.3 Å². The van der Waals surface area contributed by atoms with Gasteiger partial charge in [-0.1, -0.05) is 12.1 Å². The second-order valence-corrected chi connectivity index (χ2v) is 5.57. The van der Waals surface area contributed by atoms with Crippen molar-refractivity contribution in [2.75, 3.05) is 24.7 Å². The number of benzene rings is 1. The SMILES string of the molecule is O=C(OCCCCS)c1ccccc1C(=O)OCCCCS. The first-order chi connectivity index (χ1) is 10.7. The average Bonchev–Trinajstić information content (AvgIpc) is 2.55. The quantitative estimate of drug-likeness (QED) is 0.389. The molecule has 122 valence electrons. The lowest BCUT2D eigenvalue weighted by molar-refractivity contribution is 0.0452. The first-order valence-corrected chi connectivity index (χ1v) is 8.62. The number of hydrogen-bond donors (Lipinski definition) is 2. The van der Waals surface area contributed by atoms with E-state index in [0.29, 0.717) is 13.2 Å². The molecule has 0 saturated carbocycles. The van der Waals surface area contributed by atoms with E-state index >= 15 is 0 Å². The Labute approximate surface area is 142 Å². The molecule has 0 aliphatic carbocycles. The van der Waals surface area contributed by atoms with Crippen LogP contribution in [0.4, 0.5) is 0 Å². The van der Waals surface area contributed by atoms with E-state index in [1.807, 2.05) is 0 Å². The first-order valence-electron chi connectivity index (χ1n) is 7.35. The van der Waals surface area contributed by atoms with E-state index in [-0.39, 0.29) is 11.1 Å². The number of carbonyl (C=O) groups is 2. The fraction of sp³-hybridized carbons (Fsp3) is 0.500. The summed E-state index contributed by atoms with van der Waals surface area (Å²) in [5, 5.41) is 0. The summed E-state index contributed by atoms with van der Waals surface area (Å²) in [6.45, 7) is 0.648. The summed E-state index contributed by atoms with van der Waals surface area (Å²) in [4.78, 5) is 24.1. The highest BCUT2D eigenvalue weighted by Crippen LogP contribution is 2.13. The van der Waals surface area contributed by atoms with Gasteiger partial charge in [0.25, 0.3) is 0 Å². The number of rotatable bonds is 10. The van der Waals surface area contributed by atoms with Crippen LogP contribution in [-0.2, 0) is 9.47 Å². The third kappa shape index (κ3) is 6.75. The standard InChI is InChI=1S/C16H22O4S2/c17-15(19-9-3-5-11-21)13-7-1-2-8-14(13)16(18)20-10-4-6-12-22/h1-2,7-8,21-22H,3-6,9-12H2. The molecular formula is C16H22O4S2. The molecule has 0 aliphatic heterocycles. The van der Waals surface area contributed by atoms with E-state index in [9.17, 15) is 9.59 Å². The minimum atomic E-state index is -0.498. The zero-order valence-electron chi connectivity index (χ0n) is 12.5. The van der Waals surface area contributed by atoms with Crippen LogP contribution in [0.25, 0.3) is 0 Å². The molecule has 22 heavy (non-hydrogen) atoms. The van der Waals surface area contributed by atoms with E-state index in [2.05, 4.69) is 25.3 Å². The van der Waals surface area contributed by atoms with Gasteiger partial charge in [-0.15, -0.1) is 0 Å². The number of esters is 2. The molecule has 0 fully saturated rings. The van der Waals surface area contributed by atoms with Gasteiger partial charge in [0.1, 0.15) is 0 Å². The fourth-order valence-corrected chi connectivity index (χ4v) is 2.20. The van der Waals surface area contributed by atoms with Crippen LogP contribution in [0.3, 0.4) is 0 Å². The highest BCUT2D eigenvalue weighted by Gasteiger charge is 2.18. The molecule has 0 bridgehead atoms. The summed E-state index contributed by atoms with van der Waals surface area (Å²) >= 11 is 8.20. The molecule has 0 heterocycles. The lowest BCUT2D eigenvalue weighted by Crippen LogP contribution is -2.15. The summed E-state index contributed by atoms with van der Waals surface area (Å²) in [5.74, 6) is 0.517. The molecule has 0 spiro atoms. The van der Waals surface area contributed by atoms with Crippen LogP contribution in [0.2, 0.25) is 0 Å². The van der Waals surface area contributed by atoms with Gasteiger partial charge in [0.15, 0.2) is 0 Å². The van der Waals surface area contributed by atoms with Gasteiger partial charge in [-0.3, -0.25) is 0 Å². The minimum Gasteiger partial charge on any atom is -0.462 e. The Kier molecular flexibility index (Phi) is 9.82. The molecule has 1 aromatic rings. The molecule has 0 atom stereocenters. The second-order valence-electron chi connectivity index (χ2n) is 4.68. The average molecular weight is 342 g/mol. The van der Waals surface area contributed by atoms with Crippen molar-refractivity contribution >= 4 is 37.2 Å². The van der Waals surface area contributed by atoms with E-state index in [4.69, 9.17) is 9.47 Å². The molecule has 0 radical (unpaired) electrons. The number of carbonyl (C=O) groups excluding carboxylic acids is 2. The number of unbranched alkanes of at least 4 members (excludes halogenated alkanes) is 2. The Hall–Kier alpha value is -1.14. The van der Waals surface area contributed by atoms with Gasteiger partial charge in [0.2, 0.25) is 0 Å². The van der Waals surface area contributed by atoms with Crippen LogP contribution < -0.4 is 0 Å². The van der Waals surface area contributed by atoms with Crippen molar-refractivity contribution < 1.29 is 19.1 Å². The Morgan fingerprint density at radius 2 is 1.18 bits per heavy atom. The van der Waals surface area contributed by atoms with E-state index < -0.39 is 11.9 Å². The summed E-state index contributed by atoms with van der Waals surface area (Å²) < 4.78 is 10.3. The highest BCUT2D eigenvalue weighted by atomic mass is 32.1. The molecule has 0 aliphatic rings.